The van der Waals surface area contributed by atoms with Gasteiger partial charge >= 0.3 is 0 Å². The maximum absolute atomic E-state index is 12.5. The first-order valence-electron chi connectivity index (χ1n) is 10.5. The number of carbonyl (C=O) groups excluding carboxylic acids is 2. The minimum atomic E-state index is -0.148. The molecule has 2 aromatic carbocycles. The van der Waals surface area contributed by atoms with Gasteiger partial charge in [0.05, 0.1) is 18.2 Å². The molecule has 1 saturated heterocycles. The molecule has 5 nitrogen and oxygen atoms in total. The van der Waals surface area contributed by atoms with Gasteiger partial charge in [0.15, 0.2) is 0 Å². The first-order chi connectivity index (χ1) is 14.2. The molecule has 2 aromatic rings. The average Bonchev–Trinajstić information content (AvgIpc) is 3.36. The lowest BCUT2D eigenvalue weighted by Gasteiger charge is -2.19. The highest BCUT2D eigenvalue weighted by Crippen LogP contribution is 2.46. The van der Waals surface area contributed by atoms with Crippen molar-refractivity contribution < 1.29 is 14.3 Å². The molecule has 3 aliphatic rings. The Labute approximate surface area is 171 Å². The van der Waals surface area contributed by atoms with Gasteiger partial charge in [-0.05, 0) is 55.5 Å². The number of benzene rings is 2. The minimum absolute atomic E-state index is 0.148. The Balaban J connectivity index is 1.14. The molecule has 0 saturated carbocycles. The molecule has 2 amide bonds. The van der Waals surface area contributed by atoms with Crippen molar-refractivity contribution in [3.63, 3.8) is 0 Å². The number of likely N-dealkylation sites (tertiary alicyclic amines) is 1. The second-order valence-corrected chi connectivity index (χ2v) is 8.38. The number of hydrogen-bond donors (Lipinski definition) is 0. The third-order valence-corrected chi connectivity index (χ3v) is 6.73. The number of ether oxygens (including phenoxy) is 1. The highest BCUT2D eigenvalue weighted by Gasteiger charge is 2.41. The number of imide groups is 1. The number of methoxy groups -OCH3 is 1. The largest absolute Gasteiger partial charge is 0.496 e. The maximum atomic E-state index is 12.5. The molecule has 2 unspecified atom stereocenters. The highest BCUT2D eigenvalue weighted by atomic mass is 16.5. The predicted molar refractivity (Wildman–Crippen MR) is 110 cm³/mol. The number of nitrogens with zero attached hydrogens (tertiary/aromatic N) is 2. The summed E-state index contributed by atoms with van der Waals surface area (Å²) in [6.45, 7) is 3.71. The molecule has 0 spiro atoms. The van der Waals surface area contributed by atoms with Gasteiger partial charge in [0.2, 0.25) is 0 Å². The summed E-state index contributed by atoms with van der Waals surface area (Å²) in [5.41, 5.74) is 3.94. The number of carbonyl (C=O) groups is 2. The second kappa shape index (κ2) is 7.30. The molecule has 29 heavy (non-hydrogen) atoms. The zero-order valence-corrected chi connectivity index (χ0v) is 16.8. The van der Waals surface area contributed by atoms with E-state index in [4.69, 9.17) is 4.74 Å². The Bertz CT molecular complexity index is 935. The quantitative estimate of drug-likeness (QED) is 0.561. The zero-order valence-electron chi connectivity index (χ0n) is 16.8. The lowest BCUT2D eigenvalue weighted by molar-refractivity contribution is 0.0650. The van der Waals surface area contributed by atoms with E-state index in [1.165, 1.54) is 16.0 Å². The number of fused-ring (bicyclic) bond motifs is 4. The standard InChI is InChI=1S/C24H26N2O3/c1-29-21-10-6-7-16-13-17-14-25(15-20(17)22(16)21)11-4-5-12-26-23(27)18-8-2-3-9-19(18)24(26)28/h2-3,6-10,17,20H,4-5,11-15H2,1H3. The van der Waals surface area contributed by atoms with Gasteiger partial charge in [-0.3, -0.25) is 14.5 Å². The van der Waals surface area contributed by atoms with Crippen molar-refractivity contribution >= 4 is 11.8 Å². The van der Waals surface area contributed by atoms with Crippen molar-refractivity contribution in [1.82, 2.24) is 9.80 Å². The van der Waals surface area contributed by atoms with Crippen LogP contribution in [0, 0.1) is 5.92 Å². The Morgan fingerprint density at radius 2 is 1.66 bits per heavy atom. The van der Waals surface area contributed by atoms with Gasteiger partial charge in [0, 0.05) is 31.1 Å². The van der Waals surface area contributed by atoms with E-state index >= 15 is 0 Å². The van der Waals surface area contributed by atoms with Crippen LogP contribution in [0.15, 0.2) is 42.5 Å². The van der Waals surface area contributed by atoms with Crippen LogP contribution in [0.1, 0.15) is 50.6 Å². The Hall–Kier alpha value is -2.66. The van der Waals surface area contributed by atoms with Crippen LogP contribution in [0.2, 0.25) is 0 Å². The van der Waals surface area contributed by atoms with E-state index in [1.54, 1.807) is 19.2 Å². The SMILES string of the molecule is COc1cccc2c1C1CN(CCCCN3C(=O)c4ccccc4C3=O)CC1C2. The van der Waals surface area contributed by atoms with Crippen molar-refractivity contribution in [2.75, 3.05) is 33.3 Å². The Morgan fingerprint density at radius 1 is 0.931 bits per heavy atom. The molecule has 2 atom stereocenters. The molecule has 0 N–H and O–H groups in total. The van der Waals surface area contributed by atoms with Crippen molar-refractivity contribution in [1.29, 1.82) is 0 Å². The summed E-state index contributed by atoms with van der Waals surface area (Å²) in [6, 6.07) is 13.5. The summed E-state index contributed by atoms with van der Waals surface area (Å²) < 4.78 is 5.61. The Morgan fingerprint density at radius 3 is 2.38 bits per heavy atom. The first-order valence-corrected chi connectivity index (χ1v) is 10.5. The van der Waals surface area contributed by atoms with Crippen LogP contribution in [-0.4, -0.2) is 54.9 Å². The first kappa shape index (κ1) is 18.4. The van der Waals surface area contributed by atoms with Gasteiger partial charge in [0.25, 0.3) is 11.8 Å². The van der Waals surface area contributed by atoms with Crippen LogP contribution >= 0.6 is 0 Å². The Kier molecular flexibility index (Phi) is 4.63. The fourth-order valence-electron chi connectivity index (χ4n) is 5.37. The van der Waals surface area contributed by atoms with Crippen molar-refractivity contribution in [3.05, 3.63) is 64.7 Å². The van der Waals surface area contributed by atoms with Gasteiger partial charge in [0.1, 0.15) is 5.75 Å². The summed E-state index contributed by atoms with van der Waals surface area (Å²) in [6.07, 6.45) is 2.98. The monoisotopic (exact) mass is 390 g/mol. The van der Waals surface area contributed by atoms with Gasteiger partial charge in [-0.25, -0.2) is 0 Å². The topological polar surface area (TPSA) is 49.9 Å². The van der Waals surface area contributed by atoms with E-state index in [0.29, 0.717) is 29.5 Å². The molecular weight excluding hydrogens is 364 g/mol. The lowest BCUT2D eigenvalue weighted by atomic mass is 9.96. The molecule has 5 rings (SSSR count). The molecule has 1 aliphatic carbocycles. The lowest BCUT2D eigenvalue weighted by Crippen LogP contribution is -2.31. The average molecular weight is 390 g/mol. The molecule has 2 aliphatic heterocycles. The molecule has 2 heterocycles. The molecule has 0 aromatic heterocycles. The maximum Gasteiger partial charge on any atom is 0.261 e. The summed E-state index contributed by atoms with van der Waals surface area (Å²) in [4.78, 5) is 28.8. The molecular formula is C24H26N2O3. The normalized spacial score (nSPS) is 22.7. The zero-order chi connectivity index (χ0) is 20.0. The number of rotatable bonds is 6. The van der Waals surface area contributed by atoms with E-state index in [9.17, 15) is 9.59 Å². The van der Waals surface area contributed by atoms with Gasteiger partial charge in [-0.2, -0.15) is 0 Å². The van der Waals surface area contributed by atoms with Crippen LogP contribution in [-0.2, 0) is 6.42 Å². The van der Waals surface area contributed by atoms with E-state index in [0.717, 1.165) is 44.6 Å². The predicted octanol–water partition coefficient (Wildman–Crippen LogP) is 3.34. The minimum Gasteiger partial charge on any atom is -0.496 e. The summed E-state index contributed by atoms with van der Waals surface area (Å²) in [5, 5.41) is 0. The van der Waals surface area contributed by atoms with Gasteiger partial charge in [-0.1, -0.05) is 24.3 Å². The second-order valence-electron chi connectivity index (χ2n) is 8.38. The summed E-state index contributed by atoms with van der Waals surface area (Å²) in [7, 11) is 1.76. The van der Waals surface area contributed by atoms with Gasteiger partial charge < -0.3 is 9.64 Å². The molecule has 150 valence electrons. The molecule has 0 bridgehead atoms. The summed E-state index contributed by atoms with van der Waals surface area (Å²) in [5.74, 6) is 1.98. The number of unbranched alkanes of at least 4 members (excludes halogenated alkanes) is 1. The van der Waals surface area contributed by atoms with E-state index < -0.39 is 0 Å². The third kappa shape index (κ3) is 3.04. The number of amides is 2. The van der Waals surface area contributed by atoms with Crippen molar-refractivity contribution in [2.45, 2.75) is 25.2 Å². The highest BCUT2D eigenvalue weighted by molar-refractivity contribution is 6.21. The van der Waals surface area contributed by atoms with Crippen molar-refractivity contribution in [2.24, 2.45) is 5.92 Å². The van der Waals surface area contributed by atoms with E-state index in [-0.39, 0.29) is 11.8 Å². The van der Waals surface area contributed by atoms with Gasteiger partial charge in [-0.15, -0.1) is 0 Å². The van der Waals surface area contributed by atoms with E-state index in [1.807, 2.05) is 12.1 Å². The van der Waals surface area contributed by atoms with Crippen LogP contribution < -0.4 is 4.74 Å². The third-order valence-electron chi connectivity index (χ3n) is 6.73. The van der Waals surface area contributed by atoms with Crippen molar-refractivity contribution in [3.8, 4) is 5.75 Å². The van der Waals surface area contributed by atoms with Crippen LogP contribution in [0.3, 0.4) is 0 Å². The molecule has 5 heteroatoms. The summed E-state index contributed by atoms with van der Waals surface area (Å²) >= 11 is 0. The van der Waals surface area contributed by atoms with Crippen LogP contribution in [0.25, 0.3) is 0 Å². The van der Waals surface area contributed by atoms with Crippen LogP contribution in [0.5, 0.6) is 5.75 Å². The fraction of sp³-hybridized carbons (Fsp3) is 0.417. The molecule has 1 fully saturated rings. The molecule has 0 radical (unpaired) electrons. The smallest absolute Gasteiger partial charge is 0.261 e. The fourth-order valence-corrected chi connectivity index (χ4v) is 5.37. The number of hydrogen-bond acceptors (Lipinski definition) is 4. The van der Waals surface area contributed by atoms with E-state index in [2.05, 4.69) is 23.1 Å². The van der Waals surface area contributed by atoms with Crippen LogP contribution in [0.4, 0.5) is 0 Å².